The Kier molecular flexibility index (Phi) is 4.94. The van der Waals surface area contributed by atoms with Gasteiger partial charge < -0.3 is 9.47 Å². The van der Waals surface area contributed by atoms with Crippen molar-refractivity contribution in [1.29, 1.82) is 0 Å². The van der Waals surface area contributed by atoms with E-state index in [1.54, 1.807) is 4.68 Å². The van der Waals surface area contributed by atoms with Crippen LogP contribution in [0.15, 0.2) is 30.6 Å². The molecule has 2 aromatic heterocycles. The summed E-state index contributed by atoms with van der Waals surface area (Å²) in [5.41, 5.74) is 4.10. The average Bonchev–Trinajstić information content (AvgIpc) is 3.24. The molecule has 0 bridgehead atoms. The summed E-state index contributed by atoms with van der Waals surface area (Å²) in [6, 6.07) is 6.02. The molecule has 5 rings (SSSR count). The fourth-order valence-electron chi connectivity index (χ4n) is 4.18. The minimum absolute atomic E-state index is 0.0717. The number of benzene rings is 1. The first kappa shape index (κ1) is 19.4. The van der Waals surface area contributed by atoms with Gasteiger partial charge in [0.25, 0.3) is 0 Å². The molecule has 0 saturated carbocycles. The van der Waals surface area contributed by atoms with Gasteiger partial charge in [0.05, 0.1) is 42.5 Å². The van der Waals surface area contributed by atoms with Crippen molar-refractivity contribution in [3.05, 3.63) is 47.4 Å². The van der Waals surface area contributed by atoms with Crippen LogP contribution in [-0.2, 0) is 27.6 Å². The third-order valence-electron chi connectivity index (χ3n) is 5.95. The summed E-state index contributed by atoms with van der Waals surface area (Å²) >= 11 is 0. The van der Waals surface area contributed by atoms with E-state index in [9.17, 15) is 8.42 Å². The number of hydrogen-bond donors (Lipinski definition) is 0. The number of pyridine rings is 1. The van der Waals surface area contributed by atoms with Crippen molar-refractivity contribution in [2.45, 2.75) is 44.9 Å². The zero-order valence-corrected chi connectivity index (χ0v) is 17.6. The van der Waals surface area contributed by atoms with Crippen LogP contribution in [0.25, 0.3) is 10.9 Å². The summed E-state index contributed by atoms with van der Waals surface area (Å²) in [5, 5.41) is 9.60. The summed E-state index contributed by atoms with van der Waals surface area (Å²) in [5.74, 6) is 1.17. The molecule has 0 unspecified atom stereocenters. The normalized spacial score (nSPS) is 20.0. The number of hydrogen-bond acceptors (Lipinski definition) is 7. The van der Waals surface area contributed by atoms with E-state index in [0.29, 0.717) is 19.4 Å². The molecule has 30 heavy (non-hydrogen) atoms. The van der Waals surface area contributed by atoms with E-state index in [4.69, 9.17) is 9.47 Å². The molecule has 1 fully saturated rings. The Hall–Kier alpha value is -2.52. The molecule has 8 nitrogen and oxygen atoms in total. The van der Waals surface area contributed by atoms with Crippen molar-refractivity contribution >= 4 is 20.7 Å². The van der Waals surface area contributed by atoms with Gasteiger partial charge in [-0.1, -0.05) is 5.21 Å². The highest BCUT2D eigenvalue weighted by atomic mass is 32.2. The molecule has 4 heterocycles. The molecular weight excluding hydrogens is 404 g/mol. The molecule has 9 heteroatoms. The SMILES string of the molecule is C[C@@H](Oc1ccc2ncc3c(c2c1)CCOC3)c1cn(C2CCS(=O)(=O)CC2)nn1. The third-order valence-corrected chi connectivity index (χ3v) is 7.67. The van der Waals surface area contributed by atoms with Crippen LogP contribution in [0, 0.1) is 0 Å². The van der Waals surface area contributed by atoms with E-state index in [1.807, 2.05) is 37.5 Å². The first-order valence-electron chi connectivity index (χ1n) is 10.3. The second-order valence-corrected chi connectivity index (χ2v) is 10.3. The fourth-order valence-corrected chi connectivity index (χ4v) is 5.65. The van der Waals surface area contributed by atoms with Crippen molar-refractivity contribution < 1.29 is 17.9 Å². The van der Waals surface area contributed by atoms with Gasteiger partial charge in [0.1, 0.15) is 27.4 Å². The van der Waals surface area contributed by atoms with E-state index < -0.39 is 9.84 Å². The van der Waals surface area contributed by atoms with Crippen LogP contribution < -0.4 is 4.74 Å². The van der Waals surface area contributed by atoms with Crippen molar-refractivity contribution in [3.8, 4) is 5.75 Å². The van der Waals surface area contributed by atoms with Crippen LogP contribution in [0.1, 0.15) is 48.7 Å². The van der Waals surface area contributed by atoms with Gasteiger partial charge in [0.15, 0.2) is 0 Å². The minimum Gasteiger partial charge on any atom is -0.484 e. The number of aromatic nitrogens is 4. The highest BCUT2D eigenvalue weighted by Gasteiger charge is 2.26. The number of sulfone groups is 1. The molecule has 1 saturated heterocycles. The Balaban J connectivity index is 1.34. The molecule has 158 valence electrons. The van der Waals surface area contributed by atoms with Crippen molar-refractivity contribution in [3.63, 3.8) is 0 Å². The summed E-state index contributed by atoms with van der Waals surface area (Å²) in [6.07, 6.45) is 5.52. The molecule has 1 aromatic carbocycles. The Morgan fingerprint density at radius 3 is 2.93 bits per heavy atom. The lowest BCUT2D eigenvalue weighted by atomic mass is 10.00. The van der Waals surface area contributed by atoms with Crippen molar-refractivity contribution in [2.75, 3.05) is 18.1 Å². The van der Waals surface area contributed by atoms with Gasteiger partial charge >= 0.3 is 0 Å². The Morgan fingerprint density at radius 2 is 2.10 bits per heavy atom. The van der Waals surface area contributed by atoms with Crippen LogP contribution >= 0.6 is 0 Å². The van der Waals surface area contributed by atoms with Crippen molar-refractivity contribution in [2.24, 2.45) is 0 Å². The van der Waals surface area contributed by atoms with E-state index in [2.05, 4.69) is 15.3 Å². The fraction of sp³-hybridized carbons (Fsp3) is 0.476. The molecule has 2 aliphatic rings. The Labute approximate surface area is 175 Å². The zero-order chi connectivity index (χ0) is 20.7. The van der Waals surface area contributed by atoms with Gasteiger partial charge in [0, 0.05) is 11.6 Å². The summed E-state index contributed by atoms with van der Waals surface area (Å²) in [4.78, 5) is 4.53. The lowest BCUT2D eigenvalue weighted by Crippen LogP contribution is -2.25. The monoisotopic (exact) mass is 428 g/mol. The predicted octanol–water partition coefficient (Wildman–Crippen LogP) is 2.79. The second-order valence-electron chi connectivity index (χ2n) is 8.01. The number of ether oxygens (including phenoxy) is 2. The molecule has 2 aliphatic heterocycles. The van der Waals surface area contributed by atoms with Crippen molar-refractivity contribution in [1.82, 2.24) is 20.0 Å². The van der Waals surface area contributed by atoms with Gasteiger partial charge in [-0.05, 0) is 55.5 Å². The lowest BCUT2D eigenvalue weighted by molar-refractivity contribution is 0.111. The minimum atomic E-state index is -2.90. The molecule has 0 radical (unpaired) electrons. The Morgan fingerprint density at radius 1 is 1.27 bits per heavy atom. The highest BCUT2D eigenvalue weighted by Crippen LogP contribution is 2.30. The van der Waals surface area contributed by atoms with E-state index >= 15 is 0 Å². The quantitative estimate of drug-likeness (QED) is 0.630. The molecule has 0 spiro atoms. The molecule has 3 aromatic rings. The second kappa shape index (κ2) is 7.63. The zero-order valence-electron chi connectivity index (χ0n) is 16.8. The third kappa shape index (κ3) is 3.79. The first-order valence-corrected chi connectivity index (χ1v) is 12.1. The number of nitrogens with zero attached hydrogens (tertiary/aromatic N) is 4. The first-order chi connectivity index (χ1) is 14.5. The number of fused-ring (bicyclic) bond motifs is 3. The topological polar surface area (TPSA) is 96.2 Å². The van der Waals surface area contributed by atoms with Gasteiger partial charge in [-0.2, -0.15) is 0 Å². The van der Waals surface area contributed by atoms with Gasteiger partial charge in [-0.15, -0.1) is 5.10 Å². The van der Waals surface area contributed by atoms with Crippen LogP contribution in [-0.4, -0.2) is 46.5 Å². The maximum Gasteiger partial charge on any atom is 0.150 e. The maximum atomic E-state index is 11.7. The molecule has 1 atom stereocenters. The standard InChI is InChI=1S/C21H24N4O4S/c1-14(21-12-25(24-23-21)16-5-8-30(26,27)9-6-16)29-17-2-3-20-19(10-17)18-4-7-28-13-15(18)11-22-20/h2-3,10-12,14,16H,4-9,13H2,1H3/t14-/m1/s1. The molecule has 0 amide bonds. The Bertz CT molecular complexity index is 1180. The summed E-state index contributed by atoms with van der Waals surface area (Å²) in [7, 11) is -2.90. The molecule has 0 aliphatic carbocycles. The van der Waals surface area contributed by atoms with Crippen LogP contribution in [0.4, 0.5) is 0 Å². The largest absolute Gasteiger partial charge is 0.484 e. The highest BCUT2D eigenvalue weighted by molar-refractivity contribution is 7.91. The summed E-state index contributed by atoms with van der Waals surface area (Å²) in [6.45, 7) is 3.26. The molecule has 0 N–H and O–H groups in total. The number of rotatable bonds is 4. The van der Waals surface area contributed by atoms with E-state index in [-0.39, 0.29) is 23.7 Å². The van der Waals surface area contributed by atoms with E-state index in [0.717, 1.165) is 40.9 Å². The molecular formula is C21H24N4O4S. The van der Waals surface area contributed by atoms with Crippen LogP contribution in [0.3, 0.4) is 0 Å². The average molecular weight is 429 g/mol. The van der Waals surface area contributed by atoms with Gasteiger partial charge in [-0.25, -0.2) is 13.1 Å². The van der Waals surface area contributed by atoms with Gasteiger partial charge in [-0.3, -0.25) is 4.98 Å². The smallest absolute Gasteiger partial charge is 0.150 e. The lowest BCUT2D eigenvalue weighted by Gasteiger charge is -2.21. The maximum absolute atomic E-state index is 11.7. The summed E-state index contributed by atoms with van der Waals surface area (Å²) < 4.78 is 36.8. The van der Waals surface area contributed by atoms with Gasteiger partial charge in [0.2, 0.25) is 0 Å². The van der Waals surface area contributed by atoms with Crippen LogP contribution in [0.5, 0.6) is 5.75 Å². The van der Waals surface area contributed by atoms with Crippen LogP contribution in [0.2, 0.25) is 0 Å². The predicted molar refractivity (Wildman–Crippen MR) is 111 cm³/mol. The van der Waals surface area contributed by atoms with E-state index in [1.165, 1.54) is 5.56 Å².